The van der Waals surface area contributed by atoms with Crippen LogP contribution in [0.3, 0.4) is 0 Å². The second kappa shape index (κ2) is 8.30. The number of pyridine rings is 1. The van der Waals surface area contributed by atoms with E-state index in [-0.39, 0.29) is 17.7 Å². The summed E-state index contributed by atoms with van der Waals surface area (Å²) in [5, 5.41) is 11.2. The summed E-state index contributed by atoms with van der Waals surface area (Å²) in [6, 6.07) is 13.8. The third-order valence-corrected chi connectivity index (χ3v) is 6.53. The summed E-state index contributed by atoms with van der Waals surface area (Å²) in [7, 11) is 1.78. The van der Waals surface area contributed by atoms with E-state index in [1.807, 2.05) is 43.3 Å². The summed E-state index contributed by atoms with van der Waals surface area (Å²) in [6.45, 7) is 1.96. The number of aromatic nitrogens is 1. The second-order valence-electron chi connectivity index (χ2n) is 7.42. The van der Waals surface area contributed by atoms with Crippen LogP contribution in [0.15, 0.2) is 45.8 Å². The lowest BCUT2D eigenvalue weighted by molar-refractivity contribution is -0.129. The zero-order valence-corrected chi connectivity index (χ0v) is 17.5. The highest BCUT2D eigenvalue weighted by molar-refractivity contribution is 8.00. The molecule has 1 aliphatic rings. The van der Waals surface area contributed by atoms with Gasteiger partial charge in [-0.1, -0.05) is 30.0 Å². The van der Waals surface area contributed by atoms with E-state index in [0.29, 0.717) is 10.6 Å². The summed E-state index contributed by atoms with van der Waals surface area (Å²) in [4.78, 5) is 19.2. The van der Waals surface area contributed by atoms with E-state index >= 15 is 0 Å². The maximum atomic E-state index is 12.8. The first-order chi connectivity index (χ1) is 14.1. The van der Waals surface area contributed by atoms with Crippen molar-refractivity contribution in [1.29, 1.82) is 5.26 Å². The number of aryl methyl sites for hydroxylation is 2. The highest BCUT2D eigenvalue weighted by Gasteiger charge is 2.22. The van der Waals surface area contributed by atoms with E-state index in [0.717, 1.165) is 48.1 Å². The lowest BCUT2D eigenvalue weighted by Crippen LogP contribution is -2.30. The van der Waals surface area contributed by atoms with E-state index in [4.69, 9.17) is 9.40 Å². The minimum absolute atomic E-state index is 0.0219. The molecule has 4 rings (SSSR count). The van der Waals surface area contributed by atoms with Crippen molar-refractivity contribution in [2.24, 2.45) is 0 Å². The Morgan fingerprint density at radius 2 is 2.10 bits per heavy atom. The van der Waals surface area contributed by atoms with E-state index in [2.05, 4.69) is 6.07 Å². The Bertz CT molecular complexity index is 1070. The van der Waals surface area contributed by atoms with Gasteiger partial charge in [0.1, 0.15) is 22.4 Å². The summed E-state index contributed by atoms with van der Waals surface area (Å²) in [5.74, 6) is 0.977. The van der Waals surface area contributed by atoms with Crippen molar-refractivity contribution in [3.05, 3.63) is 59.0 Å². The number of benzene rings is 1. The van der Waals surface area contributed by atoms with E-state index in [9.17, 15) is 10.1 Å². The average Bonchev–Trinajstić information content (AvgIpc) is 3.20. The molecule has 0 radical (unpaired) electrons. The molecular formula is C23H23N3O2S. The maximum Gasteiger partial charge on any atom is 0.233 e. The Balaban J connectivity index is 1.46. The smallest absolute Gasteiger partial charge is 0.233 e. The molecule has 2 heterocycles. The average molecular weight is 406 g/mol. The third-order valence-electron chi connectivity index (χ3n) is 5.55. The number of fused-ring (bicyclic) bond motifs is 2. The Morgan fingerprint density at radius 3 is 2.90 bits per heavy atom. The number of furan rings is 1. The van der Waals surface area contributed by atoms with Gasteiger partial charge in [0.15, 0.2) is 0 Å². The van der Waals surface area contributed by atoms with Crippen LogP contribution in [0.1, 0.15) is 48.4 Å². The minimum Gasteiger partial charge on any atom is -0.459 e. The third kappa shape index (κ3) is 4.01. The first-order valence-corrected chi connectivity index (χ1v) is 10.8. The zero-order chi connectivity index (χ0) is 20.4. The van der Waals surface area contributed by atoms with Crippen LogP contribution in [0.2, 0.25) is 0 Å². The fourth-order valence-electron chi connectivity index (χ4n) is 3.65. The normalized spacial score (nSPS) is 14.2. The largest absolute Gasteiger partial charge is 0.459 e. The van der Waals surface area contributed by atoms with E-state index in [1.54, 1.807) is 11.9 Å². The van der Waals surface area contributed by atoms with Gasteiger partial charge in [-0.05, 0) is 56.4 Å². The molecule has 29 heavy (non-hydrogen) atoms. The lowest BCUT2D eigenvalue weighted by atomic mass is 9.95. The number of carbonyl (C=O) groups is 1. The standard InChI is InChI=1S/C23H23N3O2S/c1-15(21-12-17-8-4-6-10-20(17)28-21)26(2)22(27)14-29-23-18(13-24)11-16-7-3-5-9-19(16)25-23/h4,6,8,10-12,15H,3,5,7,9,14H2,1-2H3. The van der Waals surface area contributed by atoms with Gasteiger partial charge in [-0.2, -0.15) is 5.26 Å². The molecule has 0 spiro atoms. The summed E-state index contributed by atoms with van der Waals surface area (Å²) in [6.07, 6.45) is 4.21. The van der Waals surface area contributed by atoms with Gasteiger partial charge in [0, 0.05) is 18.1 Å². The van der Waals surface area contributed by atoms with Gasteiger partial charge in [-0.25, -0.2) is 4.98 Å². The van der Waals surface area contributed by atoms with Crippen molar-refractivity contribution in [3.8, 4) is 6.07 Å². The predicted molar refractivity (Wildman–Crippen MR) is 114 cm³/mol. The molecule has 1 aromatic carbocycles. The second-order valence-corrected chi connectivity index (χ2v) is 8.39. The molecule has 0 saturated carbocycles. The Labute approximate surface area is 174 Å². The van der Waals surface area contributed by atoms with Crippen molar-refractivity contribution < 1.29 is 9.21 Å². The quantitative estimate of drug-likeness (QED) is 0.565. The minimum atomic E-state index is -0.178. The molecule has 1 unspecified atom stereocenters. The maximum absolute atomic E-state index is 12.8. The molecule has 1 atom stereocenters. The Morgan fingerprint density at radius 1 is 1.31 bits per heavy atom. The first-order valence-electron chi connectivity index (χ1n) is 9.86. The zero-order valence-electron chi connectivity index (χ0n) is 16.6. The van der Waals surface area contributed by atoms with Crippen molar-refractivity contribution in [2.75, 3.05) is 12.8 Å². The molecule has 6 heteroatoms. The van der Waals surface area contributed by atoms with Gasteiger partial charge in [0.2, 0.25) is 5.91 Å². The number of thioether (sulfide) groups is 1. The topological polar surface area (TPSA) is 70.1 Å². The molecule has 0 fully saturated rings. The number of nitrogens with zero attached hydrogens (tertiary/aromatic N) is 3. The van der Waals surface area contributed by atoms with Crippen LogP contribution in [0.5, 0.6) is 0 Å². The number of amides is 1. The number of rotatable bonds is 5. The van der Waals surface area contributed by atoms with Crippen molar-refractivity contribution in [3.63, 3.8) is 0 Å². The summed E-state index contributed by atoms with van der Waals surface area (Å²) < 4.78 is 5.91. The van der Waals surface area contributed by atoms with Gasteiger partial charge >= 0.3 is 0 Å². The molecule has 3 aromatic rings. The summed E-state index contributed by atoms with van der Waals surface area (Å²) in [5.41, 5.74) is 3.64. The molecule has 2 aromatic heterocycles. The van der Waals surface area contributed by atoms with Gasteiger partial charge in [0.25, 0.3) is 0 Å². The molecule has 0 bridgehead atoms. The van der Waals surface area contributed by atoms with Gasteiger partial charge < -0.3 is 9.32 Å². The first kappa shape index (κ1) is 19.5. The molecule has 1 aliphatic carbocycles. The van der Waals surface area contributed by atoms with Crippen molar-refractivity contribution in [2.45, 2.75) is 43.7 Å². The van der Waals surface area contributed by atoms with Gasteiger partial charge in [0.05, 0.1) is 17.4 Å². The van der Waals surface area contributed by atoms with Crippen LogP contribution in [0.4, 0.5) is 0 Å². The number of para-hydroxylation sites is 1. The van der Waals surface area contributed by atoms with E-state index < -0.39 is 0 Å². The van der Waals surface area contributed by atoms with Crippen LogP contribution in [-0.4, -0.2) is 28.6 Å². The highest BCUT2D eigenvalue weighted by atomic mass is 32.2. The van der Waals surface area contributed by atoms with Crippen LogP contribution in [0.25, 0.3) is 11.0 Å². The monoisotopic (exact) mass is 405 g/mol. The number of hydrogen-bond donors (Lipinski definition) is 0. The molecule has 148 valence electrons. The van der Waals surface area contributed by atoms with E-state index in [1.165, 1.54) is 17.3 Å². The van der Waals surface area contributed by atoms with Crippen molar-refractivity contribution in [1.82, 2.24) is 9.88 Å². The van der Waals surface area contributed by atoms with Crippen LogP contribution < -0.4 is 0 Å². The van der Waals surface area contributed by atoms with Gasteiger partial charge in [-0.3, -0.25) is 4.79 Å². The molecule has 0 saturated heterocycles. The van der Waals surface area contributed by atoms with Crippen LogP contribution in [-0.2, 0) is 17.6 Å². The fourth-order valence-corrected chi connectivity index (χ4v) is 4.55. The van der Waals surface area contributed by atoms with Crippen LogP contribution in [0, 0.1) is 11.3 Å². The van der Waals surface area contributed by atoms with Crippen molar-refractivity contribution >= 4 is 28.6 Å². The Kier molecular flexibility index (Phi) is 5.59. The number of nitriles is 1. The lowest BCUT2D eigenvalue weighted by Gasteiger charge is -2.23. The number of hydrogen-bond acceptors (Lipinski definition) is 5. The fraction of sp³-hybridized carbons (Fsp3) is 0.348. The summed E-state index contributed by atoms with van der Waals surface area (Å²) >= 11 is 1.34. The molecular weight excluding hydrogens is 382 g/mol. The molecule has 1 amide bonds. The predicted octanol–water partition coefficient (Wildman–Crippen LogP) is 4.89. The molecule has 0 aliphatic heterocycles. The van der Waals surface area contributed by atoms with Gasteiger partial charge in [-0.15, -0.1) is 0 Å². The Hall–Kier alpha value is -2.78. The number of carbonyl (C=O) groups excluding carboxylic acids is 1. The molecule has 5 nitrogen and oxygen atoms in total. The highest BCUT2D eigenvalue weighted by Crippen LogP contribution is 2.29. The SMILES string of the molecule is CC(c1cc2ccccc2o1)N(C)C(=O)CSc1nc2c(cc1C#N)CCCC2. The van der Waals surface area contributed by atoms with Crippen LogP contribution >= 0.6 is 11.8 Å². The molecule has 0 N–H and O–H groups in total.